The van der Waals surface area contributed by atoms with Crippen LogP contribution in [0.4, 0.5) is 5.82 Å². The summed E-state index contributed by atoms with van der Waals surface area (Å²) in [5.41, 5.74) is 2.38. The molecule has 0 bridgehead atoms. The van der Waals surface area contributed by atoms with Crippen molar-refractivity contribution in [2.45, 2.75) is 44.9 Å². The molecule has 0 aromatic carbocycles. The SMILES string of the molecule is Cc1ccc(NS(=O)(=O)c2c(C(=O)N3CCCCC3)c(C)n(C)c2C)nc1. The number of pyridine rings is 1. The van der Waals surface area contributed by atoms with Crippen LogP contribution in [0.3, 0.4) is 0 Å². The van der Waals surface area contributed by atoms with Gasteiger partial charge in [-0.15, -0.1) is 0 Å². The van der Waals surface area contributed by atoms with E-state index in [4.69, 9.17) is 0 Å². The van der Waals surface area contributed by atoms with Crippen LogP contribution in [-0.2, 0) is 17.1 Å². The van der Waals surface area contributed by atoms with Crippen molar-refractivity contribution in [3.63, 3.8) is 0 Å². The Morgan fingerprint density at radius 3 is 2.33 bits per heavy atom. The lowest BCUT2D eigenvalue weighted by Gasteiger charge is -2.27. The molecule has 3 heterocycles. The van der Waals surface area contributed by atoms with Crippen LogP contribution < -0.4 is 4.72 Å². The molecular formula is C19H26N4O3S. The molecule has 0 aliphatic carbocycles. The number of nitrogens with zero attached hydrogens (tertiary/aromatic N) is 3. The third-order valence-corrected chi connectivity index (χ3v) is 6.71. The molecule has 0 radical (unpaired) electrons. The fourth-order valence-corrected chi connectivity index (χ4v) is 5.00. The highest BCUT2D eigenvalue weighted by Crippen LogP contribution is 2.29. The Labute approximate surface area is 160 Å². The number of aryl methyl sites for hydroxylation is 1. The molecule has 0 saturated carbocycles. The molecule has 0 unspecified atom stereocenters. The molecule has 1 aliphatic heterocycles. The van der Waals surface area contributed by atoms with Crippen molar-refractivity contribution in [2.24, 2.45) is 7.05 Å². The molecule has 7 nitrogen and oxygen atoms in total. The predicted molar refractivity (Wildman–Crippen MR) is 104 cm³/mol. The van der Waals surface area contributed by atoms with Crippen LogP contribution in [0, 0.1) is 20.8 Å². The van der Waals surface area contributed by atoms with Crippen LogP contribution in [0.25, 0.3) is 0 Å². The van der Waals surface area contributed by atoms with E-state index in [1.807, 2.05) is 6.92 Å². The summed E-state index contributed by atoms with van der Waals surface area (Å²) in [7, 11) is -2.18. The Morgan fingerprint density at radius 2 is 1.74 bits per heavy atom. The van der Waals surface area contributed by atoms with Crippen molar-refractivity contribution in [2.75, 3.05) is 17.8 Å². The Bertz CT molecular complexity index is 956. The number of anilines is 1. The molecular weight excluding hydrogens is 364 g/mol. The first-order valence-electron chi connectivity index (χ1n) is 9.13. The summed E-state index contributed by atoms with van der Waals surface area (Å²) in [6.45, 7) is 6.72. The number of carbonyl (C=O) groups excluding carboxylic acids is 1. The summed E-state index contributed by atoms with van der Waals surface area (Å²) < 4.78 is 30.6. The van der Waals surface area contributed by atoms with Gasteiger partial charge in [-0.1, -0.05) is 6.07 Å². The number of likely N-dealkylation sites (tertiary alicyclic amines) is 1. The molecule has 1 aliphatic rings. The van der Waals surface area contributed by atoms with E-state index in [-0.39, 0.29) is 22.2 Å². The fraction of sp³-hybridized carbons (Fsp3) is 0.474. The maximum atomic E-state index is 13.2. The lowest BCUT2D eigenvalue weighted by atomic mass is 10.1. The van der Waals surface area contributed by atoms with Crippen LogP contribution in [0.1, 0.15) is 46.6 Å². The average molecular weight is 391 g/mol. The summed E-state index contributed by atoms with van der Waals surface area (Å²) in [6.07, 6.45) is 4.59. The van der Waals surface area contributed by atoms with Gasteiger partial charge in [-0.25, -0.2) is 13.4 Å². The van der Waals surface area contributed by atoms with Crippen molar-refractivity contribution < 1.29 is 13.2 Å². The summed E-state index contributed by atoms with van der Waals surface area (Å²) >= 11 is 0. The van der Waals surface area contributed by atoms with E-state index in [0.29, 0.717) is 24.5 Å². The van der Waals surface area contributed by atoms with Gasteiger partial charge in [0.05, 0.1) is 5.56 Å². The van der Waals surface area contributed by atoms with E-state index >= 15 is 0 Å². The van der Waals surface area contributed by atoms with Gasteiger partial charge in [-0.05, 0) is 51.7 Å². The van der Waals surface area contributed by atoms with Gasteiger partial charge in [0.15, 0.2) is 0 Å². The van der Waals surface area contributed by atoms with Crippen molar-refractivity contribution in [1.82, 2.24) is 14.5 Å². The Kier molecular flexibility index (Phi) is 5.28. The minimum atomic E-state index is -3.95. The average Bonchev–Trinajstić information content (AvgIpc) is 2.88. The number of amides is 1. The lowest BCUT2D eigenvalue weighted by molar-refractivity contribution is 0.0720. The maximum Gasteiger partial charge on any atom is 0.265 e. The molecule has 146 valence electrons. The molecule has 0 atom stereocenters. The van der Waals surface area contributed by atoms with Crippen LogP contribution in [0.2, 0.25) is 0 Å². The summed E-state index contributed by atoms with van der Waals surface area (Å²) in [4.78, 5) is 19.1. The highest BCUT2D eigenvalue weighted by Gasteiger charge is 2.33. The summed E-state index contributed by atoms with van der Waals surface area (Å²) in [6, 6.07) is 3.40. The monoisotopic (exact) mass is 390 g/mol. The second-order valence-electron chi connectivity index (χ2n) is 7.11. The Hall–Kier alpha value is -2.35. The number of aromatic nitrogens is 2. The molecule has 1 amide bonds. The minimum Gasteiger partial charge on any atom is -0.350 e. The van der Waals surface area contributed by atoms with Crippen molar-refractivity contribution in [3.8, 4) is 0 Å². The first kappa shape index (κ1) is 19.4. The van der Waals surface area contributed by atoms with E-state index in [9.17, 15) is 13.2 Å². The molecule has 1 saturated heterocycles. The topological polar surface area (TPSA) is 84.3 Å². The number of hydrogen-bond acceptors (Lipinski definition) is 4. The predicted octanol–water partition coefficient (Wildman–Crippen LogP) is 2.77. The Balaban J connectivity index is 2.04. The van der Waals surface area contributed by atoms with Gasteiger partial charge in [0, 0.05) is 37.7 Å². The third-order valence-electron chi connectivity index (χ3n) is 5.20. The zero-order valence-electron chi connectivity index (χ0n) is 16.2. The largest absolute Gasteiger partial charge is 0.350 e. The van der Waals surface area contributed by atoms with Gasteiger partial charge in [0.2, 0.25) is 0 Å². The second kappa shape index (κ2) is 7.34. The number of carbonyl (C=O) groups is 1. The molecule has 0 spiro atoms. The van der Waals surface area contributed by atoms with Crippen molar-refractivity contribution in [3.05, 3.63) is 40.8 Å². The molecule has 1 fully saturated rings. The zero-order valence-corrected chi connectivity index (χ0v) is 17.1. The van der Waals surface area contributed by atoms with Gasteiger partial charge in [0.1, 0.15) is 10.7 Å². The van der Waals surface area contributed by atoms with E-state index < -0.39 is 10.0 Å². The molecule has 2 aromatic rings. The minimum absolute atomic E-state index is 0.0421. The number of sulfonamides is 1. The van der Waals surface area contributed by atoms with Crippen LogP contribution in [0.5, 0.6) is 0 Å². The Morgan fingerprint density at radius 1 is 1.07 bits per heavy atom. The summed E-state index contributed by atoms with van der Waals surface area (Å²) in [5, 5.41) is 0. The number of piperidine rings is 1. The van der Waals surface area contributed by atoms with Gasteiger partial charge in [0.25, 0.3) is 15.9 Å². The first-order chi connectivity index (χ1) is 12.7. The van der Waals surface area contributed by atoms with Gasteiger partial charge < -0.3 is 9.47 Å². The van der Waals surface area contributed by atoms with Crippen LogP contribution in [-0.4, -0.2) is 41.9 Å². The lowest BCUT2D eigenvalue weighted by Crippen LogP contribution is -2.36. The molecule has 8 heteroatoms. The maximum absolute atomic E-state index is 13.2. The first-order valence-corrected chi connectivity index (χ1v) is 10.6. The van der Waals surface area contributed by atoms with Crippen LogP contribution in [0.15, 0.2) is 23.2 Å². The van der Waals surface area contributed by atoms with Crippen molar-refractivity contribution in [1.29, 1.82) is 0 Å². The van der Waals surface area contributed by atoms with E-state index in [0.717, 1.165) is 24.8 Å². The molecule has 1 N–H and O–H groups in total. The second-order valence-corrected chi connectivity index (χ2v) is 8.73. The number of hydrogen-bond donors (Lipinski definition) is 1. The molecule has 3 rings (SSSR count). The fourth-order valence-electron chi connectivity index (χ4n) is 3.47. The van der Waals surface area contributed by atoms with Gasteiger partial charge in [-0.2, -0.15) is 0 Å². The van der Waals surface area contributed by atoms with Gasteiger partial charge in [-0.3, -0.25) is 9.52 Å². The van der Waals surface area contributed by atoms with Crippen molar-refractivity contribution >= 4 is 21.7 Å². The number of rotatable bonds is 4. The highest BCUT2D eigenvalue weighted by molar-refractivity contribution is 7.92. The van der Waals surface area contributed by atoms with E-state index in [1.54, 1.807) is 48.7 Å². The summed E-state index contributed by atoms with van der Waals surface area (Å²) in [5.74, 6) is 0.0195. The third kappa shape index (κ3) is 3.71. The molecule has 2 aromatic heterocycles. The van der Waals surface area contributed by atoms with Crippen LogP contribution >= 0.6 is 0 Å². The van der Waals surface area contributed by atoms with E-state index in [1.165, 1.54) is 0 Å². The van der Waals surface area contributed by atoms with E-state index in [2.05, 4.69) is 9.71 Å². The quantitative estimate of drug-likeness (QED) is 0.870. The molecule has 27 heavy (non-hydrogen) atoms. The standard InChI is InChI=1S/C19H26N4O3S/c1-13-8-9-16(20-12-13)21-27(25,26)18-15(3)22(4)14(2)17(18)19(24)23-10-6-5-7-11-23/h8-9,12H,5-7,10-11H2,1-4H3,(H,20,21). The smallest absolute Gasteiger partial charge is 0.265 e. The highest BCUT2D eigenvalue weighted by atomic mass is 32.2. The van der Waals surface area contributed by atoms with Gasteiger partial charge >= 0.3 is 0 Å². The number of nitrogens with one attached hydrogen (secondary N) is 1. The zero-order chi connectivity index (χ0) is 19.8. The normalized spacial score (nSPS) is 15.0.